The minimum absolute atomic E-state index is 0.166. The molecular weight excluding hydrogens is 875 g/mol. The summed E-state index contributed by atoms with van der Waals surface area (Å²) in [5, 5.41) is 54.6. The van der Waals surface area contributed by atoms with Crippen molar-refractivity contribution in [2.45, 2.75) is 281 Å². The number of unbranched alkanes of at least 4 members (excludes halogenated alkanes) is 24. The van der Waals surface area contributed by atoms with Gasteiger partial charge in [-0.25, -0.2) is 0 Å². The number of carbonyl (C=O) groups is 1. The van der Waals surface area contributed by atoms with Crippen LogP contribution < -0.4 is 5.32 Å². The van der Waals surface area contributed by atoms with E-state index in [0.29, 0.717) is 12.8 Å². The van der Waals surface area contributed by atoms with Crippen LogP contribution in [0.1, 0.15) is 239 Å². The lowest BCUT2D eigenvalue weighted by Crippen LogP contribution is -2.60. The van der Waals surface area contributed by atoms with Gasteiger partial charge in [0.05, 0.1) is 25.4 Å². The third-order valence-corrected chi connectivity index (χ3v) is 13.3. The highest BCUT2D eigenvalue weighted by atomic mass is 16.7. The first-order chi connectivity index (χ1) is 34.3. The standard InChI is InChI=1S/C61H107NO8/c1-3-5-7-9-11-13-15-17-19-21-23-25-27-29-30-32-34-36-38-40-42-44-46-48-50-55(64)54(53-69-61-60(68)59(67)58(66)56(52-63)70-61)62-57(65)51-49-47-45-43-41-39-37-35-33-31-28-26-24-22-20-18-16-14-12-10-8-6-4-2/h6,8,12,14,18,20,24,26,31,33,37,39,43,45,54-56,58-61,63-64,66-68H,3-5,7,9-11,13,15-17,19,21-23,25,27-30,32,34-36,38,40-42,44,46-53H2,1-2H3,(H,62,65)/b8-6-,14-12-,20-18-,26-24-,33-31-,39-37-,45-43-. The van der Waals surface area contributed by atoms with Gasteiger partial charge >= 0.3 is 0 Å². The van der Waals surface area contributed by atoms with Crippen LogP contribution in [0.3, 0.4) is 0 Å². The molecule has 0 aromatic rings. The van der Waals surface area contributed by atoms with Gasteiger partial charge in [-0.1, -0.05) is 253 Å². The molecule has 1 amide bonds. The fraction of sp³-hybridized carbons (Fsp3) is 0.754. The van der Waals surface area contributed by atoms with Gasteiger partial charge in [-0.05, 0) is 64.2 Å². The van der Waals surface area contributed by atoms with Crippen molar-refractivity contribution in [2.24, 2.45) is 0 Å². The van der Waals surface area contributed by atoms with Gasteiger partial charge < -0.3 is 40.3 Å². The summed E-state index contributed by atoms with van der Waals surface area (Å²) in [5.74, 6) is -0.202. The van der Waals surface area contributed by atoms with Crippen molar-refractivity contribution >= 4 is 5.91 Å². The van der Waals surface area contributed by atoms with Crippen LogP contribution in [-0.4, -0.2) is 87.5 Å². The molecule has 6 N–H and O–H groups in total. The highest BCUT2D eigenvalue weighted by Gasteiger charge is 2.44. The van der Waals surface area contributed by atoms with E-state index in [0.717, 1.165) is 70.6 Å². The largest absolute Gasteiger partial charge is 0.394 e. The Kier molecular flexibility index (Phi) is 46.6. The molecular formula is C61H107NO8. The number of nitrogens with one attached hydrogen (secondary N) is 1. The summed E-state index contributed by atoms with van der Waals surface area (Å²) in [6, 6.07) is -0.756. The lowest BCUT2D eigenvalue weighted by Gasteiger charge is -2.40. The van der Waals surface area contributed by atoms with Crippen LogP contribution >= 0.6 is 0 Å². The van der Waals surface area contributed by atoms with Crippen LogP contribution in [0.2, 0.25) is 0 Å². The lowest BCUT2D eigenvalue weighted by molar-refractivity contribution is -0.302. The molecule has 0 spiro atoms. The topological polar surface area (TPSA) is 149 Å². The number of rotatable bonds is 48. The van der Waals surface area contributed by atoms with Crippen LogP contribution in [0.15, 0.2) is 85.1 Å². The summed E-state index contributed by atoms with van der Waals surface area (Å²) >= 11 is 0. The molecule has 404 valence electrons. The van der Waals surface area contributed by atoms with Crippen LogP contribution in [0.5, 0.6) is 0 Å². The van der Waals surface area contributed by atoms with E-state index in [2.05, 4.69) is 104 Å². The zero-order valence-electron chi connectivity index (χ0n) is 44.7. The first-order valence-electron chi connectivity index (χ1n) is 28.8. The quantitative estimate of drug-likeness (QED) is 0.0261. The first-order valence-corrected chi connectivity index (χ1v) is 28.8. The molecule has 0 radical (unpaired) electrons. The predicted octanol–water partition coefficient (Wildman–Crippen LogP) is 14.2. The second kappa shape index (κ2) is 49.9. The van der Waals surface area contributed by atoms with E-state index in [1.54, 1.807) is 0 Å². The average molecular weight is 983 g/mol. The highest BCUT2D eigenvalue weighted by molar-refractivity contribution is 5.76. The van der Waals surface area contributed by atoms with Crippen molar-refractivity contribution in [1.29, 1.82) is 0 Å². The molecule has 1 aliphatic heterocycles. The number of aliphatic hydroxyl groups is 5. The molecule has 7 unspecified atom stereocenters. The maximum Gasteiger partial charge on any atom is 0.220 e. The normalized spacial score (nSPS) is 20.0. The fourth-order valence-electron chi connectivity index (χ4n) is 8.74. The van der Waals surface area contributed by atoms with E-state index in [-0.39, 0.29) is 18.9 Å². The van der Waals surface area contributed by atoms with Gasteiger partial charge in [0.2, 0.25) is 5.91 Å². The highest BCUT2D eigenvalue weighted by Crippen LogP contribution is 2.23. The second-order valence-electron chi connectivity index (χ2n) is 19.7. The zero-order valence-corrected chi connectivity index (χ0v) is 44.7. The number of amides is 1. The molecule has 9 nitrogen and oxygen atoms in total. The number of ether oxygens (including phenoxy) is 2. The molecule has 0 saturated carbocycles. The Morgan fingerprint density at radius 3 is 1.26 bits per heavy atom. The molecule has 1 saturated heterocycles. The molecule has 1 rings (SSSR count). The van der Waals surface area contributed by atoms with E-state index in [1.165, 1.54) is 135 Å². The Labute approximate surface area is 429 Å². The Hall–Kier alpha value is -2.63. The van der Waals surface area contributed by atoms with Gasteiger partial charge in [-0.3, -0.25) is 4.79 Å². The van der Waals surface area contributed by atoms with Gasteiger partial charge in [-0.15, -0.1) is 0 Å². The maximum absolute atomic E-state index is 13.0. The third-order valence-electron chi connectivity index (χ3n) is 13.3. The van der Waals surface area contributed by atoms with Gasteiger partial charge in [0, 0.05) is 6.42 Å². The Morgan fingerprint density at radius 1 is 0.500 bits per heavy atom. The van der Waals surface area contributed by atoms with Crippen molar-refractivity contribution < 1.29 is 39.8 Å². The van der Waals surface area contributed by atoms with Gasteiger partial charge in [0.15, 0.2) is 6.29 Å². The minimum atomic E-state index is -1.57. The van der Waals surface area contributed by atoms with Crippen molar-refractivity contribution in [1.82, 2.24) is 5.32 Å². The number of carbonyl (C=O) groups excluding carboxylic acids is 1. The molecule has 0 aromatic carbocycles. The zero-order chi connectivity index (χ0) is 50.8. The SMILES string of the molecule is CC/C=C\C/C=C\C/C=C\C/C=C\C/C=C\C/C=C\C/C=C\CCCC(=O)NC(COC1OC(CO)C(O)C(O)C1O)C(O)CCCCCCCCCCCCCCCCCCCCCCCCCC. The molecule has 0 aliphatic carbocycles. The van der Waals surface area contributed by atoms with E-state index in [4.69, 9.17) is 9.47 Å². The Balaban J connectivity index is 2.27. The Bertz CT molecular complexity index is 1370. The van der Waals surface area contributed by atoms with E-state index in [1.807, 2.05) is 0 Å². The fourth-order valence-corrected chi connectivity index (χ4v) is 8.74. The molecule has 70 heavy (non-hydrogen) atoms. The Morgan fingerprint density at radius 2 is 0.871 bits per heavy atom. The van der Waals surface area contributed by atoms with Gasteiger partial charge in [0.1, 0.15) is 24.4 Å². The molecule has 0 aromatic heterocycles. The maximum atomic E-state index is 13.0. The summed E-state index contributed by atoms with van der Waals surface area (Å²) < 4.78 is 11.3. The monoisotopic (exact) mass is 982 g/mol. The summed E-state index contributed by atoms with van der Waals surface area (Å²) in [6.45, 7) is 3.70. The average Bonchev–Trinajstić information content (AvgIpc) is 3.36. The van der Waals surface area contributed by atoms with Crippen molar-refractivity contribution in [2.75, 3.05) is 13.2 Å². The van der Waals surface area contributed by atoms with Crippen LogP contribution in [0.4, 0.5) is 0 Å². The summed E-state index contributed by atoms with van der Waals surface area (Å²) in [5.41, 5.74) is 0. The third kappa shape index (κ3) is 39.0. The van der Waals surface area contributed by atoms with E-state index in [9.17, 15) is 30.3 Å². The lowest BCUT2D eigenvalue weighted by atomic mass is 9.99. The van der Waals surface area contributed by atoms with Crippen LogP contribution in [-0.2, 0) is 14.3 Å². The van der Waals surface area contributed by atoms with Crippen molar-refractivity contribution in [3.05, 3.63) is 85.1 Å². The minimum Gasteiger partial charge on any atom is -0.394 e. The molecule has 1 heterocycles. The number of hydrogen-bond donors (Lipinski definition) is 6. The van der Waals surface area contributed by atoms with Crippen molar-refractivity contribution in [3.63, 3.8) is 0 Å². The molecule has 1 fully saturated rings. The van der Waals surface area contributed by atoms with E-state index < -0.39 is 49.5 Å². The van der Waals surface area contributed by atoms with Crippen LogP contribution in [0, 0.1) is 0 Å². The number of allylic oxidation sites excluding steroid dienone is 14. The van der Waals surface area contributed by atoms with Gasteiger partial charge in [-0.2, -0.15) is 0 Å². The second-order valence-corrected chi connectivity index (χ2v) is 19.7. The van der Waals surface area contributed by atoms with Crippen molar-refractivity contribution in [3.8, 4) is 0 Å². The predicted molar refractivity (Wildman–Crippen MR) is 295 cm³/mol. The smallest absolute Gasteiger partial charge is 0.220 e. The van der Waals surface area contributed by atoms with Gasteiger partial charge in [0.25, 0.3) is 0 Å². The molecule has 7 atom stereocenters. The summed E-state index contributed by atoms with van der Waals surface area (Å²) in [4.78, 5) is 13.0. The molecule has 9 heteroatoms. The number of hydrogen-bond acceptors (Lipinski definition) is 8. The molecule has 0 bridgehead atoms. The summed E-state index contributed by atoms with van der Waals surface area (Å²) in [7, 11) is 0. The van der Waals surface area contributed by atoms with Crippen LogP contribution in [0.25, 0.3) is 0 Å². The molecule has 1 aliphatic rings. The van der Waals surface area contributed by atoms with E-state index >= 15 is 0 Å². The number of aliphatic hydroxyl groups excluding tert-OH is 5. The first kappa shape index (κ1) is 65.4. The summed E-state index contributed by atoms with van der Waals surface area (Å²) in [6.07, 6.45) is 63.3.